The highest BCUT2D eigenvalue weighted by molar-refractivity contribution is 7.26. The number of hydrogen-bond donors (Lipinski definition) is 0. The van der Waals surface area contributed by atoms with E-state index in [4.69, 9.17) is 0 Å². The summed E-state index contributed by atoms with van der Waals surface area (Å²) in [6.07, 6.45) is 0. The molecular weight excluding hydrogens is 298 g/mol. The van der Waals surface area contributed by atoms with E-state index in [1.54, 1.807) is 0 Å². The van der Waals surface area contributed by atoms with Gasteiger partial charge in [-0.05, 0) is 44.2 Å². The van der Waals surface area contributed by atoms with Crippen LogP contribution in [0.15, 0.2) is 48.5 Å². The maximum Gasteiger partial charge on any atom is 0.0583 e. The van der Waals surface area contributed by atoms with Crippen LogP contribution >= 0.6 is 11.3 Å². The van der Waals surface area contributed by atoms with E-state index in [0.29, 0.717) is 0 Å². The van der Waals surface area contributed by atoms with Gasteiger partial charge in [0, 0.05) is 43.5 Å². The molecule has 23 heavy (non-hydrogen) atoms. The molecule has 0 bridgehead atoms. The van der Waals surface area contributed by atoms with Crippen LogP contribution in [0.25, 0.3) is 42.0 Å². The van der Waals surface area contributed by atoms with Crippen LogP contribution in [0.4, 0.5) is 0 Å². The maximum absolute atomic E-state index is 2.36. The van der Waals surface area contributed by atoms with Crippen LogP contribution in [0.3, 0.4) is 0 Å². The molecule has 0 atom stereocenters. The summed E-state index contributed by atoms with van der Waals surface area (Å²) in [4.78, 5) is 0. The lowest BCUT2D eigenvalue weighted by molar-refractivity contribution is 1.02. The van der Waals surface area contributed by atoms with Crippen LogP contribution in [0, 0.1) is 13.8 Å². The summed E-state index contributed by atoms with van der Waals surface area (Å²) in [7, 11) is 2.19. The highest BCUT2D eigenvalue weighted by atomic mass is 32.1. The zero-order valence-corrected chi connectivity index (χ0v) is 14.3. The smallest absolute Gasteiger partial charge is 0.0583 e. The predicted molar refractivity (Wildman–Crippen MR) is 103 cm³/mol. The van der Waals surface area contributed by atoms with Gasteiger partial charge in [-0.3, -0.25) is 0 Å². The fourth-order valence-corrected chi connectivity index (χ4v) is 4.90. The molecule has 0 spiro atoms. The van der Waals surface area contributed by atoms with E-state index in [9.17, 15) is 0 Å². The summed E-state index contributed by atoms with van der Waals surface area (Å²) in [6, 6.07) is 18.1. The highest BCUT2D eigenvalue weighted by Gasteiger charge is 2.15. The van der Waals surface area contributed by atoms with Gasteiger partial charge in [0.05, 0.1) is 5.52 Å². The monoisotopic (exact) mass is 315 g/mol. The summed E-state index contributed by atoms with van der Waals surface area (Å²) in [6.45, 7) is 4.34. The Labute approximate surface area is 138 Å². The number of aromatic nitrogens is 1. The Balaban J connectivity index is 2.13. The number of nitrogens with zero attached hydrogens (tertiary/aromatic N) is 1. The number of rotatable bonds is 0. The second-order valence-corrected chi connectivity index (χ2v) is 7.60. The lowest BCUT2D eigenvalue weighted by atomic mass is 10.1. The van der Waals surface area contributed by atoms with E-state index in [-0.39, 0.29) is 0 Å². The maximum atomic E-state index is 2.36. The van der Waals surface area contributed by atoms with Gasteiger partial charge >= 0.3 is 0 Å². The first kappa shape index (κ1) is 13.1. The van der Waals surface area contributed by atoms with Crippen LogP contribution in [0.2, 0.25) is 0 Å². The van der Waals surface area contributed by atoms with Gasteiger partial charge in [0.25, 0.3) is 0 Å². The Hall–Kier alpha value is -2.32. The van der Waals surface area contributed by atoms with Crippen molar-refractivity contribution in [1.82, 2.24) is 4.57 Å². The summed E-state index contributed by atoms with van der Waals surface area (Å²) in [5, 5.41) is 5.51. The van der Waals surface area contributed by atoms with Crippen molar-refractivity contribution in [2.75, 3.05) is 0 Å². The summed E-state index contributed by atoms with van der Waals surface area (Å²) in [5.74, 6) is 0. The molecule has 0 radical (unpaired) electrons. The molecular formula is C21H17NS. The molecule has 2 aromatic heterocycles. The lowest BCUT2D eigenvalue weighted by Gasteiger charge is -2.01. The van der Waals surface area contributed by atoms with E-state index in [1.807, 2.05) is 11.3 Å². The first-order chi connectivity index (χ1) is 11.1. The van der Waals surface area contributed by atoms with Crippen molar-refractivity contribution in [3.8, 4) is 0 Å². The van der Waals surface area contributed by atoms with Crippen LogP contribution in [0.5, 0.6) is 0 Å². The standard InChI is InChI=1S/C21H17NS/c1-12-4-7-17-15(10-12)14-6-9-19-20(21(14)22(17)3)16-11-13(2)5-8-18(16)23-19/h4-11H,1-3H3. The fraction of sp³-hybridized carbons (Fsp3) is 0.143. The largest absolute Gasteiger partial charge is 0.343 e. The van der Waals surface area contributed by atoms with Gasteiger partial charge in [-0.25, -0.2) is 0 Å². The Kier molecular flexibility index (Phi) is 2.49. The van der Waals surface area contributed by atoms with Crippen molar-refractivity contribution in [3.63, 3.8) is 0 Å². The molecule has 2 heterocycles. The molecule has 0 aliphatic rings. The minimum absolute atomic E-state index is 1.31. The van der Waals surface area contributed by atoms with Gasteiger partial charge in [-0.2, -0.15) is 0 Å². The Morgan fingerprint density at radius 1 is 0.739 bits per heavy atom. The summed E-state index contributed by atoms with van der Waals surface area (Å²) in [5.41, 5.74) is 5.31. The van der Waals surface area contributed by atoms with E-state index in [2.05, 4.69) is 74.0 Å². The number of benzene rings is 3. The van der Waals surface area contributed by atoms with E-state index < -0.39 is 0 Å². The molecule has 0 saturated carbocycles. The van der Waals surface area contributed by atoms with Crippen molar-refractivity contribution >= 4 is 53.3 Å². The minimum atomic E-state index is 1.31. The zero-order chi connectivity index (χ0) is 15.7. The third kappa shape index (κ3) is 1.67. The fourth-order valence-electron chi connectivity index (χ4n) is 3.81. The van der Waals surface area contributed by atoms with Crippen molar-refractivity contribution in [2.24, 2.45) is 7.05 Å². The second kappa shape index (κ2) is 4.36. The van der Waals surface area contributed by atoms with Gasteiger partial charge in [0.15, 0.2) is 0 Å². The first-order valence-corrected chi connectivity index (χ1v) is 8.76. The molecule has 0 unspecified atom stereocenters. The Bertz CT molecular complexity index is 1240. The SMILES string of the molecule is Cc1ccc2sc3ccc4c5cc(C)ccc5n(C)c4c3c2c1. The molecule has 112 valence electrons. The van der Waals surface area contributed by atoms with Gasteiger partial charge in [-0.1, -0.05) is 29.3 Å². The molecule has 0 N–H and O–H groups in total. The molecule has 2 heteroatoms. The van der Waals surface area contributed by atoms with Crippen molar-refractivity contribution in [2.45, 2.75) is 13.8 Å². The van der Waals surface area contributed by atoms with Crippen LogP contribution in [-0.2, 0) is 7.05 Å². The van der Waals surface area contributed by atoms with Crippen molar-refractivity contribution < 1.29 is 0 Å². The van der Waals surface area contributed by atoms with Crippen LogP contribution in [0.1, 0.15) is 11.1 Å². The normalized spacial score (nSPS) is 12.1. The quantitative estimate of drug-likeness (QED) is 0.315. The first-order valence-electron chi connectivity index (χ1n) is 7.94. The topological polar surface area (TPSA) is 4.93 Å². The van der Waals surface area contributed by atoms with Gasteiger partial charge in [0.2, 0.25) is 0 Å². The minimum Gasteiger partial charge on any atom is -0.343 e. The second-order valence-electron chi connectivity index (χ2n) is 6.52. The van der Waals surface area contributed by atoms with Gasteiger partial charge in [-0.15, -0.1) is 11.3 Å². The average molecular weight is 315 g/mol. The van der Waals surface area contributed by atoms with Crippen molar-refractivity contribution in [1.29, 1.82) is 0 Å². The number of thiophene rings is 1. The van der Waals surface area contributed by atoms with Crippen LogP contribution < -0.4 is 0 Å². The molecule has 0 aliphatic heterocycles. The molecule has 5 aromatic rings. The van der Waals surface area contributed by atoms with Gasteiger partial charge in [0.1, 0.15) is 0 Å². The molecule has 3 aromatic carbocycles. The molecule has 5 rings (SSSR count). The van der Waals surface area contributed by atoms with E-state index in [1.165, 1.54) is 53.1 Å². The zero-order valence-electron chi connectivity index (χ0n) is 13.5. The summed E-state index contributed by atoms with van der Waals surface area (Å²) < 4.78 is 5.11. The lowest BCUT2D eigenvalue weighted by Crippen LogP contribution is -1.87. The molecule has 0 aliphatic carbocycles. The van der Waals surface area contributed by atoms with Crippen molar-refractivity contribution in [3.05, 3.63) is 59.7 Å². The van der Waals surface area contributed by atoms with Gasteiger partial charge < -0.3 is 4.57 Å². The number of hydrogen-bond acceptors (Lipinski definition) is 1. The molecule has 0 amide bonds. The third-order valence-corrected chi connectivity index (χ3v) is 6.04. The molecule has 0 fully saturated rings. The highest BCUT2D eigenvalue weighted by Crippen LogP contribution is 2.41. The predicted octanol–water partition coefficient (Wildman–Crippen LogP) is 6.32. The molecule has 1 nitrogen and oxygen atoms in total. The summed E-state index contributed by atoms with van der Waals surface area (Å²) >= 11 is 1.89. The average Bonchev–Trinajstić information content (AvgIpc) is 3.03. The Morgan fingerprint density at radius 3 is 2.26 bits per heavy atom. The molecule has 0 saturated heterocycles. The number of aryl methyl sites for hydroxylation is 3. The van der Waals surface area contributed by atoms with E-state index >= 15 is 0 Å². The van der Waals surface area contributed by atoms with E-state index in [0.717, 1.165) is 0 Å². The third-order valence-electron chi connectivity index (χ3n) is 4.90. The Morgan fingerprint density at radius 2 is 1.43 bits per heavy atom. The van der Waals surface area contributed by atoms with Crippen LogP contribution in [-0.4, -0.2) is 4.57 Å². The number of fused-ring (bicyclic) bond motifs is 7.